The molecule has 1 aromatic heterocycles. The first-order valence-electron chi connectivity index (χ1n) is 4.86. The highest BCUT2D eigenvalue weighted by Crippen LogP contribution is 2.11. The predicted octanol–water partition coefficient (Wildman–Crippen LogP) is 0.935. The van der Waals surface area contributed by atoms with Crippen molar-refractivity contribution in [3.8, 4) is 5.88 Å². The Morgan fingerprint density at radius 2 is 2.19 bits per heavy atom. The molecule has 0 bridgehead atoms. The first kappa shape index (κ1) is 12.8. The zero-order valence-corrected chi connectivity index (χ0v) is 10.4. The molecule has 0 amide bonds. The van der Waals surface area contributed by atoms with Gasteiger partial charge < -0.3 is 10.1 Å². The van der Waals surface area contributed by atoms with Crippen molar-refractivity contribution >= 4 is 15.7 Å². The quantitative estimate of drug-likeness (QED) is 0.834. The average molecular weight is 244 g/mol. The van der Waals surface area contributed by atoms with Gasteiger partial charge in [-0.05, 0) is 13.0 Å². The van der Waals surface area contributed by atoms with Crippen LogP contribution in [0.3, 0.4) is 0 Å². The number of anilines is 1. The van der Waals surface area contributed by atoms with E-state index >= 15 is 0 Å². The van der Waals surface area contributed by atoms with Gasteiger partial charge in [0.1, 0.15) is 15.7 Å². The Morgan fingerprint density at radius 3 is 2.75 bits per heavy atom. The maximum atomic E-state index is 11.1. The summed E-state index contributed by atoms with van der Waals surface area (Å²) in [6.45, 7) is 1.79. The Kier molecular flexibility index (Phi) is 4.12. The summed E-state index contributed by atoms with van der Waals surface area (Å²) in [6.07, 6.45) is 1.21. The van der Waals surface area contributed by atoms with Crippen molar-refractivity contribution in [3.05, 3.63) is 18.2 Å². The highest BCUT2D eigenvalue weighted by molar-refractivity contribution is 7.90. The van der Waals surface area contributed by atoms with Crippen LogP contribution in [0.5, 0.6) is 5.88 Å². The zero-order chi connectivity index (χ0) is 12.2. The van der Waals surface area contributed by atoms with Crippen LogP contribution < -0.4 is 10.1 Å². The highest BCUT2D eigenvalue weighted by Gasteiger charge is 2.10. The van der Waals surface area contributed by atoms with Gasteiger partial charge >= 0.3 is 0 Å². The minimum absolute atomic E-state index is 0.0753. The molecule has 1 aromatic rings. The largest absolute Gasteiger partial charge is 0.481 e. The first-order valence-corrected chi connectivity index (χ1v) is 6.92. The Balaban J connectivity index is 2.65. The molecule has 0 aromatic carbocycles. The van der Waals surface area contributed by atoms with Gasteiger partial charge in [-0.2, -0.15) is 4.98 Å². The molecule has 5 nitrogen and oxygen atoms in total. The summed E-state index contributed by atoms with van der Waals surface area (Å²) in [4.78, 5) is 4.13. The third kappa shape index (κ3) is 4.48. The standard InChI is InChI=1S/C10H16N2O3S/c1-8(7-16(3,13)14)11-9-5-4-6-10(12-9)15-2/h4-6,8H,7H2,1-3H3,(H,11,12). The summed E-state index contributed by atoms with van der Waals surface area (Å²) in [5, 5.41) is 3.00. The van der Waals surface area contributed by atoms with Crippen LogP contribution in [0.4, 0.5) is 5.82 Å². The van der Waals surface area contributed by atoms with E-state index in [1.165, 1.54) is 13.4 Å². The fraction of sp³-hybridized carbons (Fsp3) is 0.500. The second-order valence-electron chi connectivity index (χ2n) is 3.70. The van der Waals surface area contributed by atoms with Gasteiger partial charge in [-0.25, -0.2) is 8.42 Å². The smallest absolute Gasteiger partial charge is 0.214 e. The van der Waals surface area contributed by atoms with Crippen LogP contribution in [0.1, 0.15) is 6.92 Å². The minimum atomic E-state index is -2.98. The van der Waals surface area contributed by atoms with Crippen LogP contribution in [0, 0.1) is 0 Å². The Bertz CT molecular complexity index is 445. The monoisotopic (exact) mass is 244 g/mol. The van der Waals surface area contributed by atoms with E-state index in [0.29, 0.717) is 11.7 Å². The molecule has 16 heavy (non-hydrogen) atoms. The average Bonchev–Trinajstić information content (AvgIpc) is 2.15. The lowest BCUT2D eigenvalue weighted by Crippen LogP contribution is -2.25. The van der Waals surface area contributed by atoms with Crippen molar-refractivity contribution in [1.82, 2.24) is 4.98 Å². The third-order valence-corrected chi connectivity index (χ3v) is 2.99. The van der Waals surface area contributed by atoms with Gasteiger partial charge in [0.05, 0.1) is 12.9 Å². The van der Waals surface area contributed by atoms with Crippen LogP contribution in [0.15, 0.2) is 18.2 Å². The lowest BCUT2D eigenvalue weighted by Gasteiger charge is -2.13. The molecule has 0 aliphatic heterocycles. The van der Waals surface area contributed by atoms with E-state index in [0.717, 1.165) is 0 Å². The van der Waals surface area contributed by atoms with E-state index in [-0.39, 0.29) is 11.8 Å². The number of methoxy groups -OCH3 is 1. The van der Waals surface area contributed by atoms with Gasteiger partial charge in [-0.3, -0.25) is 0 Å². The summed E-state index contributed by atoms with van der Waals surface area (Å²) in [5.41, 5.74) is 0. The van der Waals surface area contributed by atoms with Crippen LogP contribution in [0.2, 0.25) is 0 Å². The number of nitrogens with one attached hydrogen (secondary N) is 1. The fourth-order valence-corrected chi connectivity index (χ4v) is 2.35. The molecule has 0 saturated heterocycles. The van der Waals surface area contributed by atoms with E-state index in [4.69, 9.17) is 4.74 Å². The lowest BCUT2D eigenvalue weighted by atomic mass is 10.3. The molecule has 1 atom stereocenters. The van der Waals surface area contributed by atoms with Gasteiger partial charge in [0, 0.05) is 18.4 Å². The summed E-state index contributed by atoms with van der Waals surface area (Å²) >= 11 is 0. The molecule has 0 spiro atoms. The van der Waals surface area contributed by atoms with Gasteiger partial charge in [-0.1, -0.05) is 6.07 Å². The number of ether oxygens (including phenoxy) is 1. The number of hydrogen-bond donors (Lipinski definition) is 1. The summed E-state index contributed by atoms with van der Waals surface area (Å²) in [7, 11) is -1.45. The van der Waals surface area contributed by atoms with Crippen molar-refractivity contribution in [2.45, 2.75) is 13.0 Å². The molecule has 0 fully saturated rings. The molecule has 0 aliphatic rings. The molecule has 6 heteroatoms. The second-order valence-corrected chi connectivity index (χ2v) is 5.89. The highest BCUT2D eigenvalue weighted by atomic mass is 32.2. The molecular weight excluding hydrogens is 228 g/mol. The summed E-state index contributed by atoms with van der Waals surface area (Å²) in [6, 6.07) is 5.10. The van der Waals surface area contributed by atoms with E-state index < -0.39 is 9.84 Å². The Labute approximate surface area is 95.8 Å². The molecule has 1 rings (SSSR count). The van der Waals surface area contributed by atoms with Crippen molar-refractivity contribution in [2.24, 2.45) is 0 Å². The van der Waals surface area contributed by atoms with Crippen molar-refractivity contribution < 1.29 is 13.2 Å². The SMILES string of the molecule is COc1cccc(NC(C)CS(C)(=O)=O)n1. The number of aromatic nitrogens is 1. The van der Waals surface area contributed by atoms with Crippen molar-refractivity contribution in [2.75, 3.05) is 24.4 Å². The van der Waals surface area contributed by atoms with Gasteiger partial charge in [-0.15, -0.1) is 0 Å². The van der Waals surface area contributed by atoms with E-state index in [1.54, 1.807) is 25.1 Å². The van der Waals surface area contributed by atoms with Crippen LogP contribution in [0.25, 0.3) is 0 Å². The van der Waals surface area contributed by atoms with E-state index in [9.17, 15) is 8.42 Å². The maximum absolute atomic E-state index is 11.1. The number of sulfone groups is 1. The Morgan fingerprint density at radius 1 is 1.50 bits per heavy atom. The summed E-state index contributed by atoms with van der Waals surface area (Å²) < 4.78 is 27.1. The van der Waals surface area contributed by atoms with Crippen LogP contribution in [-0.4, -0.2) is 38.6 Å². The number of pyridine rings is 1. The normalized spacial score (nSPS) is 13.2. The van der Waals surface area contributed by atoms with Crippen molar-refractivity contribution in [1.29, 1.82) is 0 Å². The topological polar surface area (TPSA) is 68.3 Å². The molecular formula is C10H16N2O3S. The van der Waals surface area contributed by atoms with Crippen molar-refractivity contribution in [3.63, 3.8) is 0 Å². The van der Waals surface area contributed by atoms with Gasteiger partial charge in [0.15, 0.2) is 0 Å². The molecule has 0 radical (unpaired) electrons. The van der Waals surface area contributed by atoms with Gasteiger partial charge in [0.25, 0.3) is 0 Å². The maximum Gasteiger partial charge on any atom is 0.214 e. The molecule has 1 unspecified atom stereocenters. The predicted molar refractivity (Wildman–Crippen MR) is 63.6 cm³/mol. The first-order chi connectivity index (χ1) is 7.40. The Hall–Kier alpha value is -1.30. The molecule has 0 saturated carbocycles. The zero-order valence-electron chi connectivity index (χ0n) is 9.60. The number of hydrogen-bond acceptors (Lipinski definition) is 5. The summed E-state index contributed by atoms with van der Waals surface area (Å²) in [5.74, 6) is 1.18. The molecule has 90 valence electrons. The van der Waals surface area contributed by atoms with Gasteiger partial charge in [0.2, 0.25) is 5.88 Å². The molecule has 1 N–H and O–H groups in total. The van der Waals surface area contributed by atoms with E-state index in [1.807, 2.05) is 0 Å². The van der Waals surface area contributed by atoms with Crippen LogP contribution >= 0.6 is 0 Å². The minimum Gasteiger partial charge on any atom is -0.481 e. The third-order valence-electron chi connectivity index (χ3n) is 1.88. The fourth-order valence-electron chi connectivity index (χ4n) is 1.36. The van der Waals surface area contributed by atoms with E-state index in [2.05, 4.69) is 10.3 Å². The van der Waals surface area contributed by atoms with Crippen LogP contribution in [-0.2, 0) is 9.84 Å². The number of rotatable bonds is 5. The molecule has 1 heterocycles. The lowest BCUT2D eigenvalue weighted by molar-refractivity contribution is 0.398. The molecule has 0 aliphatic carbocycles. The second kappa shape index (κ2) is 5.16. The number of nitrogens with zero attached hydrogens (tertiary/aromatic N) is 1.